The van der Waals surface area contributed by atoms with Crippen LogP contribution in [-0.2, 0) is 9.59 Å². The molecule has 0 aromatic carbocycles. The van der Waals surface area contributed by atoms with E-state index in [2.05, 4.69) is 19.2 Å². The number of carbonyl (C=O) groups is 2. The Hall–Kier alpha value is -1.10. The van der Waals surface area contributed by atoms with Gasteiger partial charge in [-0.05, 0) is 32.1 Å². The van der Waals surface area contributed by atoms with Crippen molar-refractivity contribution in [3.05, 3.63) is 0 Å². The average molecular weight is 256 g/mol. The van der Waals surface area contributed by atoms with Crippen molar-refractivity contribution in [3.8, 4) is 0 Å². The summed E-state index contributed by atoms with van der Waals surface area (Å²) in [7, 11) is 0. The Morgan fingerprint density at radius 2 is 2.00 bits per heavy atom. The lowest BCUT2D eigenvalue weighted by Gasteiger charge is -2.31. The van der Waals surface area contributed by atoms with E-state index in [-0.39, 0.29) is 18.2 Å². The molecule has 1 aliphatic heterocycles. The van der Waals surface area contributed by atoms with Crippen LogP contribution >= 0.6 is 0 Å². The molecule has 104 valence electrons. The Kier molecular flexibility index (Phi) is 6.12. The summed E-state index contributed by atoms with van der Waals surface area (Å²) in [6, 6.07) is 0.360. The molecule has 0 saturated carbocycles. The van der Waals surface area contributed by atoms with Gasteiger partial charge in [0.25, 0.3) is 0 Å². The maximum absolute atomic E-state index is 11.9. The van der Waals surface area contributed by atoms with Crippen LogP contribution in [0.1, 0.15) is 39.5 Å². The van der Waals surface area contributed by atoms with Gasteiger partial charge in [-0.1, -0.05) is 6.92 Å². The van der Waals surface area contributed by atoms with Gasteiger partial charge in [0.05, 0.1) is 6.54 Å². The first-order chi connectivity index (χ1) is 8.52. The molecule has 1 heterocycles. The molecule has 0 aromatic heterocycles. The number of carbonyl (C=O) groups excluding carboxylic acids is 1. The van der Waals surface area contributed by atoms with Gasteiger partial charge in [-0.2, -0.15) is 0 Å². The highest BCUT2D eigenvalue weighted by Crippen LogP contribution is 2.20. The molecule has 2 N–H and O–H groups in total. The average Bonchev–Trinajstić information content (AvgIpc) is 2.35. The fraction of sp³-hybridized carbons (Fsp3) is 0.846. The van der Waals surface area contributed by atoms with E-state index >= 15 is 0 Å². The molecule has 1 saturated heterocycles. The number of aliphatic carboxylic acids is 1. The largest absolute Gasteiger partial charge is 0.481 e. The third-order valence-corrected chi connectivity index (χ3v) is 3.64. The number of hydrogen-bond donors (Lipinski definition) is 2. The molecule has 1 amide bonds. The van der Waals surface area contributed by atoms with E-state index in [1.165, 1.54) is 0 Å². The first-order valence-corrected chi connectivity index (χ1v) is 6.75. The lowest BCUT2D eigenvalue weighted by molar-refractivity contribution is -0.138. The zero-order chi connectivity index (χ0) is 13.5. The molecule has 1 atom stereocenters. The first-order valence-electron chi connectivity index (χ1n) is 6.75. The van der Waals surface area contributed by atoms with Gasteiger partial charge in [-0.3, -0.25) is 9.59 Å². The van der Waals surface area contributed by atoms with Crippen LogP contribution in [0.25, 0.3) is 0 Å². The number of nitrogens with one attached hydrogen (secondary N) is 1. The fourth-order valence-corrected chi connectivity index (χ4v) is 2.15. The maximum atomic E-state index is 11.9. The number of carboxylic acid groups (broad SMARTS) is 1. The van der Waals surface area contributed by atoms with Crippen LogP contribution in [0, 0.1) is 5.92 Å². The van der Waals surface area contributed by atoms with Crippen molar-refractivity contribution >= 4 is 11.9 Å². The summed E-state index contributed by atoms with van der Waals surface area (Å²) < 4.78 is 0. The molecule has 5 nitrogen and oxygen atoms in total. The highest BCUT2D eigenvalue weighted by atomic mass is 16.4. The molecule has 5 heteroatoms. The molecule has 18 heavy (non-hydrogen) atoms. The number of carboxylic acids is 1. The first kappa shape index (κ1) is 15.0. The van der Waals surface area contributed by atoms with Gasteiger partial charge in [0.2, 0.25) is 5.91 Å². The van der Waals surface area contributed by atoms with Crippen LogP contribution in [0.15, 0.2) is 0 Å². The Bertz CT molecular complexity index is 286. The van der Waals surface area contributed by atoms with E-state index in [0.717, 1.165) is 19.3 Å². The smallest absolute Gasteiger partial charge is 0.303 e. The summed E-state index contributed by atoms with van der Waals surface area (Å²) in [5.74, 6) is -0.378. The zero-order valence-electron chi connectivity index (χ0n) is 11.3. The van der Waals surface area contributed by atoms with Crippen molar-refractivity contribution in [1.29, 1.82) is 0 Å². The van der Waals surface area contributed by atoms with Gasteiger partial charge in [0, 0.05) is 25.6 Å². The summed E-state index contributed by atoms with van der Waals surface area (Å²) in [5.41, 5.74) is 0. The summed E-state index contributed by atoms with van der Waals surface area (Å²) in [4.78, 5) is 24.3. The third kappa shape index (κ3) is 5.04. The second-order valence-corrected chi connectivity index (χ2v) is 5.11. The lowest BCUT2D eigenvalue weighted by atomic mass is 9.93. The van der Waals surface area contributed by atoms with Crippen LogP contribution < -0.4 is 5.32 Å². The highest BCUT2D eigenvalue weighted by Gasteiger charge is 2.24. The fourth-order valence-electron chi connectivity index (χ4n) is 2.15. The molecule has 0 aliphatic carbocycles. The summed E-state index contributed by atoms with van der Waals surface area (Å²) in [6.07, 6.45) is 2.85. The predicted molar refractivity (Wildman–Crippen MR) is 69.3 cm³/mol. The number of rotatable bonds is 6. The number of nitrogens with zero attached hydrogens (tertiary/aromatic N) is 1. The van der Waals surface area contributed by atoms with E-state index < -0.39 is 5.97 Å². The number of hydrogen-bond acceptors (Lipinski definition) is 3. The summed E-state index contributed by atoms with van der Waals surface area (Å²) >= 11 is 0. The zero-order valence-corrected chi connectivity index (χ0v) is 11.3. The molecule has 0 radical (unpaired) electrons. The molecule has 1 aliphatic rings. The van der Waals surface area contributed by atoms with Gasteiger partial charge in [-0.15, -0.1) is 0 Å². The van der Waals surface area contributed by atoms with Crippen molar-refractivity contribution in [2.45, 2.75) is 45.6 Å². The number of likely N-dealkylation sites (tertiary alicyclic amines) is 1. The maximum Gasteiger partial charge on any atom is 0.303 e. The molecule has 1 rings (SSSR count). The van der Waals surface area contributed by atoms with E-state index in [4.69, 9.17) is 5.11 Å². The van der Waals surface area contributed by atoms with E-state index in [1.807, 2.05) is 4.90 Å². The van der Waals surface area contributed by atoms with Gasteiger partial charge >= 0.3 is 5.97 Å². The number of amides is 1. The number of piperidine rings is 1. The summed E-state index contributed by atoms with van der Waals surface area (Å²) in [5, 5.41) is 11.9. The standard InChI is InChI=1S/C13H24N2O3/c1-3-10(2)14-9-12(16)15-6-4-11(5-7-15)8-13(17)18/h10-11,14H,3-9H2,1-2H3,(H,17,18). The molecule has 0 aromatic rings. The van der Waals surface area contributed by atoms with Gasteiger partial charge < -0.3 is 15.3 Å². The Morgan fingerprint density at radius 3 is 2.50 bits per heavy atom. The lowest BCUT2D eigenvalue weighted by Crippen LogP contribution is -2.44. The normalized spacial score (nSPS) is 18.7. The predicted octanol–water partition coefficient (Wildman–Crippen LogP) is 1.09. The van der Waals surface area contributed by atoms with Crippen LogP contribution in [0.5, 0.6) is 0 Å². The second kappa shape index (κ2) is 7.36. The van der Waals surface area contributed by atoms with E-state index in [9.17, 15) is 9.59 Å². The molecule has 0 spiro atoms. The monoisotopic (exact) mass is 256 g/mol. The van der Waals surface area contributed by atoms with Crippen LogP contribution in [-0.4, -0.2) is 47.6 Å². The molecular weight excluding hydrogens is 232 g/mol. The van der Waals surface area contributed by atoms with Crippen LogP contribution in [0.4, 0.5) is 0 Å². The second-order valence-electron chi connectivity index (χ2n) is 5.11. The van der Waals surface area contributed by atoms with Crippen molar-refractivity contribution in [3.63, 3.8) is 0 Å². The molecule has 1 unspecified atom stereocenters. The minimum atomic E-state index is -0.738. The Balaban J connectivity index is 2.25. The Morgan fingerprint density at radius 1 is 1.39 bits per heavy atom. The quantitative estimate of drug-likeness (QED) is 0.746. The van der Waals surface area contributed by atoms with E-state index in [0.29, 0.717) is 25.7 Å². The third-order valence-electron chi connectivity index (χ3n) is 3.64. The van der Waals surface area contributed by atoms with Gasteiger partial charge in [0.1, 0.15) is 0 Å². The van der Waals surface area contributed by atoms with E-state index in [1.54, 1.807) is 0 Å². The summed E-state index contributed by atoms with van der Waals surface area (Å²) in [6.45, 7) is 5.92. The molecular formula is C13H24N2O3. The Labute approximate surface area is 109 Å². The van der Waals surface area contributed by atoms with Crippen LogP contribution in [0.2, 0.25) is 0 Å². The van der Waals surface area contributed by atoms with Gasteiger partial charge in [0.15, 0.2) is 0 Å². The van der Waals surface area contributed by atoms with Crippen molar-refractivity contribution in [2.75, 3.05) is 19.6 Å². The topological polar surface area (TPSA) is 69.6 Å². The molecule has 0 bridgehead atoms. The van der Waals surface area contributed by atoms with Crippen molar-refractivity contribution in [2.24, 2.45) is 5.92 Å². The van der Waals surface area contributed by atoms with Gasteiger partial charge in [-0.25, -0.2) is 0 Å². The molecule has 1 fully saturated rings. The minimum Gasteiger partial charge on any atom is -0.481 e. The highest BCUT2D eigenvalue weighted by molar-refractivity contribution is 5.78. The minimum absolute atomic E-state index is 0.129. The van der Waals surface area contributed by atoms with Crippen molar-refractivity contribution < 1.29 is 14.7 Å². The SMILES string of the molecule is CCC(C)NCC(=O)N1CCC(CC(=O)O)CC1. The van der Waals surface area contributed by atoms with Crippen LogP contribution in [0.3, 0.4) is 0 Å². The van der Waals surface area contributed by atoms with Crippen molar-refractivity contribution in [1.82, 2.24) is 10.2 Å².